The predicted molar refractivity (Wildman–Crippen MR) is 97.0 cm³/mol. The van der Waals surface area contributed by atoms with Crippen molar-refractivity contribution in [2.45, 2.75) is 26.9 Å². The Morgan fingerprint density at radius 2 is 2.08 bits per heavy atom. The second-order valence-corrected chi connectivity index (χ2v) is 5.99. The lowest BCUT2D eigenvalue weighted by atomic mass is 10.1. The second-order valence-electron chi connectivity index (χ2n) is 5.58. The van der Waals surface area contributed by atoms with Crippen LogP contribution in [0.2, 0.25) is 5.02 Å². The normalized spacial score (nSPS) is 10.9. The van der Waals surface area contributed by atoms with E-state index >= 15 is 0 Å². The zero-order chi connectivity index (χ0) is 18.6. The van der Waals surface area contributed by atoms with E-state index in [1.165, 1.54) is 0 Å². The lowest BCUT2D eigenvalue weighted by Gasteiger charge is -2.15. The van der Waals surface area contributed by atoms with Gasteiger partial charge in [-0.2, -0.15) is 10.4 Å². The molecule has 0 unspecified atom stereocenters. The zero-order valence-electron chi connectivity index (χ0n) is 14.4. The third kappa shape index (κ3) is 4.20. The zero-order valence-corrected chi connectivity index (χ0v) is 15.1. The molecule has 0 saturated carbocycles. The van der Waals surface area contributed by atoms with Gasteiger partial charge in [-0.05, 0) is 50.1 Å². The van der Waals surface area contributed by atoms with Crippen molar-refractivity contribution in [1.29, 1.82) is 5.26 Å². The Morgan fingerprint density at radius 3 is 2.68 bits per heavy atom. The fourth-order valence-corrected chi connectivity index (χ4v) is 2.47. The molecular weight excluding hydrogens is 342 g/mol. The van der Waals surface area contributed by atoms with E-state index in [1.807, 2.05) is 19.9 Å². The van der Waals surface area contributed by atoms with Crippen molar-refractivity contribution in [2.75, 3.05) is 7.11 Å². The number of nitrogens with one attached hydrogen (secondary N) is 1. The number of H-pyrrole nitrogens is 1. The summed E-state index contributed by atoms with van der Waals surface area (Å²) in [6.45, 7) is 5.48. The standard InChI is InChI=1S/C18H18ClN3O3/c1-10(2)25-17-14(19)7-12(8-16(17)24-4)5-6-15-11(3)13(9-20)18(23)22-21-15/h5-8,10H,1-4H3,(H,22,23)/b6-5+. The maximum absolute atomic E-state index is 11.5. The quantitative estimate of drug-likeness (QED) is 0.881. The molecule has 1 aromatic heterocycles. The first kappa shape index (κ1) is 18.6. The summed E-state index contributed by atoms with van der Waals surface area (Å²) in [7, 11) is 1.54. The lowest BCUT2D eigenvalue weighted by molar-refractivity contribution is 0.230. The van der Waals surface area contributed by atoms with Crippen LogP contribution in [-0.4, -0.2) is 23.4 Å². The van der Waals surface area contributed by atoms with Gasteiger partial charge < -0.3 is 9.47 Å². The molecule has 0 radical (unpaired) electrons. The van der Waals surface area contributed by atoms with Gasteiger partial charge in [0.2, 0.25) is 0 Å². The van der Waals surface area contributed by atoms with Gasteiger partial charge in [0.15, 0.2) is 11.5 Å². The Kier molecular flexibility index (Phi) is 5.84. The van der Waals surface area contributed by atoms with Gasteiger partial charge in [-0.15, -0.1) is 0 Å². The lowest BCUT2D eigenvalue weighted by Crippen LogP contribution is -2.15. The molecule has 1 aromatic carbocycles. The van der Waals surface area contributed by atoms with Crippen molar-refractivity contribution in [1.82, 2.24) is 10.2 Å². The molecule has 2 aromatic rings. The maximum Gasteiger partial charge on any atom is 0.282 e. The first-order valence-electron chi connectivity index (χ1n) is 7.59. The SMILES string of the molecule is COc1cc(/C=C/c2n[nH]c(=O)c(C#N)c2C)cc(Cl)c1OC(C)C. The van der Waals surface area contributed by atoms with Crippen molar-refractivity contribution in [3.05, 3.63) is 49.9 Å². The van der Waals surface area contributed by atoms with Gasteiger partial charge in [0, 0.05) is 0 Å². The van der Waals surface area contributed by atoms with Crippen LogP contribution < -0.4 is 15.0 Å². The molecule has 0 fully saturated rings. The molecular formula is C18H18ClN3O3. The van der Waals surface area contributed by atoms with E-state index in [9.17, 15) is 4.79 Å². The van der Waals surface area contributed by atoms with Crippen LogP contribution in [-0.2, 0) is 0 Å². The van der Waals surface area contributed by atoms with Crippen molar-refractivity contribution < 1.29 is 9.47 Å². The summed E-state index contributed by atoms with van der Waals surface area (Å²) in [4.78, 5) is 11.5. The maximum atomic E-state index is 11.5. The van der Waals surface area contributed by atoms with Crippen LogP contribution in [0.4, 0.5) is 0 Å². The van der Waals surface area contributed by atoms with Gasteiger partial charge in [-0.1, -0.05) is 17.7 Å². The highest BCUT2D eigenvalue weighted by molar-refractivity contribution is 6.32. The molecule has 1 N–H and O–H groups in total. The Balaban J connectivity index is 2.41. The van der Waals surface area contributed by atoms with Crippen LogP contribution in [0.1, 0.15) is 36.2 Å². The number of benzene rings is 1. The molecule has 0 amide bonds. The van der Waals surface area contributed by atoms with Gasteiger partial charge in [0.05, 0.1) is 23.9 Å². The van der Waals surface area contributed by atoms with Crippen molar-refractivity contribution >= 4 is 23.8 Å². The Labute approximate surface area is 150 Å². The third-order valence-corrected chi connectivity index (χ3v) is 3.70. The molecule has 0 bridgehead atoms. The molecule has 2 rings (SSSR count). The van der Waals surface area contributed by atoms with Gasteiger partial charge >= 0.3 is 0 Å². The minimum absolute atomic E-state index is 0.0369. The number of nitriles is 1. The minimum Gasteiger partial charge on any atom is -0.493 e. The van der Waals surface area contributed by atoms with E-state index in [0.717, 1.165) is 5.56 Å². The fraction of sp³-hybridized carbons (Fsp3) is 0.278. The fourth-order valence-electron chi connectivity index (χ4n) is 2.21. The van der Waals surface area contributed by atoms with Crippen LogP contribution in [0.3, 0.4) is 0 Å². The number of aromatic nitrogens is 2. The van der Waals surface area contributed by atoms with E-state index in [2.05, 4.69) is 10.2 Å². The average molecular weight is 360 g/mol. The molecule has 0 aliphatic heterocycles. The largest absolute Gasteiger partial charge is 0.493 e. The number of rotatable bonds is 5. The molecule has 6 nitrogen and oxygen atoms in total. The summed E-state index contributed by atoms with van der Waals surface area (Å²) in [6, 6.07) is 5.40. The molecule has 0 spiro atoms. The van der Waals surface area contributed by atoms with Gasteiger partial charge in [0.25, 0.3) is 5.56 Å². The van der Waals surface area contributed by atoms with Crippen molar-refractivity contribution in [2.24, 2.45) is 0 Å². The smallest absolute Gasteiger partial charge is 0.282 e. The molecule has 0 saturated heterocycles. The highest BCUT2D eigenvalue weighted by atomic mass is 35.5. The number of hydrogen-bond donors (Lipinski definition) is 1. The molecule has 7 heteroatoms. The molecule has 1 heterocycles. The predicted octanol–water partition coefficient (Wildman–Crippen LogP) is 3.57. The van der Waals surface area contributed by atoms with Crippen LogP contribution in [0.15, 0.2) is 16.9 Å². The molecule has 0 atom stereocenters. The van der Waals surface area contributed by atoms with E-state index in [-0.39, 0.29) is 11.7 Å². The van der Waals surface area contributed by atoms with E-state index in [0.29, 0.717) is 27.8 Å². The summed E-state index contributed by atoms with van der Waals surface area (Å²) in [5, 5.41) is 15.7. The van der Waals surface area contributed by atoms with Crippen molar-refractivity contribution in [3.63, 3.8) is 0 Å². The average Bonchev–Trinajstić information content (AvgIpc) is 2.56. The number of aromatic amines is 1. The number of ether oxygens (including phenoxy) is 2. The summed E-state index contributed by atoms with van der Waals surface area (Å²) in [5.41, 5.74) is 1.32. The third-order valence-electron chi connectivity index (χ3n) is 3.41. The van der Waals surface area contributed by atoms with Gasteiger partial charge in [-0.25, -0.2) is 5.10 Å². The molecule has 25 heavy (non-hydrogen) atoms. The first-order valence-corrected chi connectivity index (χ1v) is 7.96. The van der Waals surface area contributed by atoms with Gasteiger partial charge in [0.1, 0.15) is 11.6 Å². The number of nitrogens with zero attached hydrogens (tertiary/aromatic N) is 2. The van der Waals surface area contributed by atoms with Gasteiger partial charge in [-0.3, -0.25) is 4.79 Å². The molecule has 0 aliphatic carbocycles. The highest BCUT2D eigenvalue weighted by Gasteiger charge is 2.13. The van der Waals surface area contributed by atoms with Crippen LogP contribution >= 0.6 is 11.6 Å². The Morgan fingerprint density at radius 1 is 1.36 bits per heavy atom. The minimum atomic E-state index is -0.503. The monoisotopic (exact) mass is 359 g/mol. The summed E-state index contributed by atoms with van der Waals surface area (Å²) >= 11 is 6.29. The number of halogens is 1. The summed E-state index contributed by atoms with van der Waals surface area (Å²) in [6.07, 6.45) is 3.42. The molecule has 130 valence electrons. The second kappa shape index (κ2) is 7.86. The van der Waals surface area contributed by atoms with E-state index in [4.69, 9.17) is 26.3 Å². The van der Waals surface area contributed by atoms with Crippen molar-refractivity contribution in [3.8, 4) is 17.6 Å². The molecule has 0 aliphatic rings. The van der Waals surface area contributed by atoms with Crippen LogP contribution in [0, 0.1) is 18.3 Å². The van der Waals surface area contributed by atoms with Crippen LogP contribution in [0.5, 0.6) is 11.5 Å². The Hall–Kier alpha value is -2.78. The topological polar surface area (TPSA) is 88.0 Å². The number of methoxy groups -OCH3 is 1. The van der Waals surface area contributed by atoms with E-state index in [1.54, 1.807) is 38.3 Å². The highest BCUT2D eigenvalue weighted by Crippen LogP contribution is 2.37. The first-order chi connectivity index (χ1) is 11.9. The van der Waals surface area contributed by atoms with Crippen LogP contribution in [0.25, 0.3) is 12.2 Å². The van der Waals surface area contributed by atoms with E-state index < -0.39 is 5.56 Å². The number of hydrogen-bond acceptors (Lipinski definition) is 5. The summed E-state index contributed by atoms with van der Waals surface area (Å²) in [5.74, 6) is 1.01. The Bertz CT molecular complexity index is 911. The summed E-state index contributed by atoms with van der Waals surface area (Å²) < 4.78 is 11.0.